The number of benzene rings is 2. The lowest BCUT2D eigenvalue weighted by atomic mass is 10.1. The summed E-state index contributed by atoms with van der Waals surface area (Å²) in [5, 5.41) is 17.5. The lowest BCUT2D eigenvalue weighted by molar-refractivity contribution is 0.0950. The standard InChI is InChI=1S/C18H17Cl2N3O3S/c19-11-6-7-12(14(20)10-11)17(26)23-18(27)22-15-5-2-1-4-13(15)16(25)21-8-3-9-24/h1-2,4-7,10,24H,3,8-9H2,(H,21,25)(H2,22,23,26,27). The number of halogens is 2. The highest BCUT2D eigenvalue weighted by molar-refractivity contribution is 7.80. The first kappa shape index (κ1) is 21.1. The Morgan fingerprint density at radius 2 is 1.78 bits per heavy atom. The number of hydrogen-bond acceptors (Lipinski definition) is 4. The van der Waals surface area contributed by atoms with Gasteiger partial charge in [-0.1, -0.05) is 35.3 Å². The van der Waals surface area contributed by atoms with Gasteiger partial charge in [-0.25, -0.2) is 0 Å². The molecule has 0 saturated heterocycles. The first-order chi connectivity index (χ1) is 12.9. The van der Waals surface area contributed by atoms with Crippen LogP contribution >= 0.6 is 35.4 Å². The molecule has 0 aliphatic rings. The average molecular weight is 426 g/mol. The van der Waals surface area contributed by atoms with Gasteiger partial charge in [-0.2, -0.15) is 0 Å². The van der Waals surface area contributed by atoms with Crippen LogP contribution in [0.4, 0.5) is 5.69 Å². The van der Waals surface area contributed by atoms with Crippen molar-refractivity contribution in [1.29, 1.82) is 0 Å². The first-order valence-corrected chi connectivity index (χ1v) is 9.14. The Morgan fingerprint density at radius 1 is 1.04 bits per heavy atom. The predicted octanol–water partition coefficient (Wildman–Crippen LogP) is 3.23. The fourth-order valence-electron chi connectivity index (χ4n) is 2.16. The third kappa shape index (κ3) is 6.18. The number of para-hydroxylation sites is 1. The molecule has 9 heteroatoms. The molecule has 0 bridgehead atoms. The summed E-state index contributed by atoms with van der Waals surface area (Å²) in [6.07, 6.45) is 0.456. The van der Waals surface area contributed by atoms with Gasteiger partial charge in [0.1, 0.15) is 0 Å². The number of aliphatic hydroxyl groups is 1. The van der Waals surface area contributed by atoms with Crippen LogP contribution in [-0.4, -0.2) is 35.2 Å². The van der Waals surface area contributed by atoms with E-state index in [4.69, 9.17) is 40.5 Å². The van der Waals surface area contributed by atoms with Crippen LogP contribution in [0.3, 0.4) is 0 Å². The predicted molar refractivity (Wildman–Crippen MR) is 111 cm³/mol. The van der Waals surface area contributed by atoms with Crippen LogP contribution in [0.1, 0.15) is 27.1 Å². The quantitative estimate of drug-likeness (QED) is 0.421. The molecule has 27 heavy (non-hydrogen) atoms. The van der Waals surface area contributed by atoms with E-state index in [-0.39, 0.29) is 28.2 Å². The van der Waals surface area contributed by atoms with E-state index in [1.54, 1.807) is 30.3 Å². The molecule has 0 heterocycles. The zero-order valence-corrected chi connectivity index (χ0v) is 16.4. The Bertz CT molecular complexity index is 861. The van der Waals surface area contributed by atoms with Crippen molar-refractivity contribution in [2.75, 3.05) is 18.5 Å². The van der Waals surface area contributed by atoms with Crippen LogP contribution in [0.15, 0.2) is 42.5 Å². The molecule has 2 rings (SSSR count). The zero-order chi connectivity index (χ0) is 19.8. The number of nitrogens with one attached hydrogen (secondary N) is 3. The molecule has 0 aromatic heterocycles. The number of hydrogen-bond donors (Lipinski definition) is 4. The van der Waals surface area contributed by atoms with Gasteiger partial charge in [-0.3, -0.25) is 14.9 Å². The molecule has 0 unspecified atom stereocenters. The van der Waals surface area contributed by atoms with Crippen molar-refractivity contribution in [3.05, 3.63) is 63.6 Å². The Morgan fingerprint density at radius 3 is 2.48 bits per heavy atom. The van der Waals surface area contributed by atoms with E-state index < -0.39 is 5.91 Å². The topological polar surface area (TPSA) is 90.5 Å². The third-order valence-electron chi connectivity index (χ3n) is 3.44. The van der Waals surface area contributed by atoms with Gasteiger partial charge in [-0.15, -0.1) is 0 Å². The molecule has 4 N–H and O–H groups in total. The molecule has 142 valence electrons. The summed E-state index contributed by atoms with van der Waals surface area (Å²) in [5.74, 6) is -0.819. The smallest absolute Gasteiger partial charge is 0.258 e. The van der Waals surface area contributed by atoms with E-state index in [0.29, 0.717) is 29.2 Å². The van der Waals surface area contributed by atoms with Gasteiger partial charge in [0.05, 0.1) is 21.8 Å². The Balaban J connectivity index is 2.05. The van der Waals surface area contributed by atoms with Crippen LogP contribution in [0, 0.1) is 0 Å². The summed E-state index contributed by atoms with van der Waals surface area (Å²) in [4.78, 5) is 24.6. The number of anilines is 1. The van der Waals surface area contributed by atoms with Gasteiger partial charge >= 0.3 is 0 Å². The molecule has 0 saturated carbocycles. The number of aliphatic hydroxyl groups excluding tert-OH is 1. The summed E-state index contributed by atoms with van der Waals surface area (Å²) < 4.78 is 0. The van der Waals surface area contributed by atoms with Crippen LogP contribution < -0.4 is 16.0 Å². The number of carbonyl (C=O) groups is 2. The summed E-state index contributed by atoms with van der Waals surface area (Å²) in [7, 11) is 0. The van der Waals surface area contributed by atoms with E-state index >= 15 is 0 Å². The number of rotatable bonds is 6. The van der Waals surface area contributed by atoms with Gasteiger partial charge in [0, 0.05) is 18.2 Å². The molecule has 2 amide bonds. The molecule has 0 aliphatic heterocycles. The minimum Gasteiger partial charge on any atom is -0.396 e. The maximum atomic E-state index is 12.3. The van der Waals surface area contributed by atoms with Crippen molar-refractivity contribution in [2.45, 2.75) is 6.42 Å². The van der Waals surface area contributed by atoms with Crippen LogP contribution in [0.5, 0.6) is 0 Å². The number of amides is 2. The average Bonchev–Trinajstić information content (AvgIpc) is 2.62. The molecule has 0 radical (unpaired) electrons. The fraction of sp³-hybridized carbons (Fsp3) is 0.167. The minimum atomic E-state index is -0.501. The Kier molecular flexibility index (Phi) is 7.99. The van der Waals surface area contributed by atoms with Crippen molar-refractivity contribution < 1.29 is 14.7 Å². The molecular weight excluding hydrogens is 409 g/mol. The molecular formula is C18H17Cl2N3O3S. The second-order valence-electron chi connectivity index (χ2n) is 5.41. The minimum absolute atomic E-state index is 0.0104. The fourth-order valence-corrected chi connectivity index (χ4v) is 2.86. The molecule has 0 aliphatic carbocycles. The second-order valence-corrected chi connectivity index (χ2v) is 6.66. The van der Waals surface area contributed by atoms with Gasteiger partial charge in [-0.05, 0) is 49.0 Å². The zero-order valence-electron chi connectivity index (χ0n) is 14.1. The Hall–Kier alpha value is -2.19. The van der Waals surface area contributed by atoms with E-state index in [2.05, 4.69) is 16.0 Å². The maximum absolute atomic E-state index is 12.3. The summed E-state index contributed by atoms with van der Waals surface area (Å²) in [6, 6.07) is 11.2. The van der Waals surface area contributed by atoms with Crippen molar-refractivity contribution >= 4 is 58.0 Å². The monoisotopic (exact) mass is 425 g/mol. The van der Waals surface area contributed by atoms with E-state index in [0.717, 1.165) is 0 Å². The van der Waals surface area contributed by atoms with Crippen molar-refractivity contribution in [3.8, 4) is 0 Å². The number of thiocarbonyl (C=S) groups is 1. The third-order valence-corrected chi connectivity index (χ3v) is 4.20. The number of carbonyl (C=O) groups excluding carboxylic acids is 2. The van der Waals surface area contributed by atoms with Crippen molar-refractivity contribution in [3.63, 3.8) is 0 Å². The molecule has 2 aromatic rings. The molecule has 2 aromatic carbocycles. The lowest BCUT2D eigenvalue weighted by Crippen LogP contribution is -2.35. The summed E-state index contributed by atoms with van der Waals surface area (Å²) in [6.45, 7) is 0.337. The van der Waals surface area contributed by atoms with Gasteiger partial charge in [0.2, 0.25) is 0 Å². The summed E-state index contributed by atoms with van der Waals surface area (Å²) >= 11 is 17.0. The van der Waals surface area contributed by atoms with E-state index in [1.165, 1.54) is 12.1 Å². The maximum Gasteiger partial charge on any atom is 0.258 e. The van der Waals surface area contributed by atoms with Crippen LogP contribution in [0.25, 0.3) is 0 Å². The highest BCUT2D eigenvalue weighted by Crippen LogP contribution is 2.21. The van der Waals surface area contributed by atoms with Gasteiger partial charge < -0.3 is 15.7 Å². The molecule has 0 spiro atoms. The van der Waals surface area contributed by atoms with Crippen LogP contribution in [0.2, 0.25) is 10.0 Å². The largest absolute Gasteiger partial charge is 0.396 e. The van der Waals surface area contributed by atoms with E-state index in [9.17, 15) is 9.59 Å². The Labute approximate surface area is 171 Å². The molecule has 6 nitrogen and oxygen atoms in total. The van der Waals surface area contributed by atoms with E-state index in [1.807, 2.05) is 0 Å². The first-order valence-electron chi connectivity index (χ1n) is 7.98. The molecule has 0 atom stereocenters. The van der Waals surface area contributed by atoms with Crippen molar-refractivity contribution in [1.82, 2.24) is 10.6 Å². The highest BCUT2D eigenvalue weighted by atomic mass is 35.5. The SMILES string of the molecule is O=C(NC(=S)Nc1ccccc1C(=O)NCCCO)c1ccc(Cl)cc1Cl. The molecule has 0 fully saturated rings. The van der Waals surface area contributed by atoms with Crippen molar-refractivity contribution in [2.24, 2.45) is 0 Å². The highest BCUT2D eigenvalue weighted by Gasteiger charge is 2.15. The van der Waals surface area contributed by atoms with Crippen LogP contribution in [-0.2, 0) is 0 Å². The normalized spacial score (nSPS) is 10.2. The summed E-state index contributed by atoms with van der Waals surface area (Å²) in [5.41, 5.74) is 1.02. The van der Waals surface area contributed by atoms with Gasteiger partial charge in [0.25, 0.3) is 11.8 Å². The van der Waals surface area contributed by atoms with Gasteiger partial charge in [0.15, 0.2) is 5.11 Å². The second kappa shape index (κ2) is 10.2. The lowest BCUT2D eigenvalue weighted by Gasteiger charge is -2.14.